The normalized spacial score (nSPS) is 14.5. The Hall–Kier alpha value is -2.83. The topological polar surface area (TPSA) is 98.9 Å². The second-order valence-electron chi connectivity index (χ2n) is 7.36. The number of hydrogen-bond acceptors (Lipinski definition) is 5. The summed E-state index contributed by atoms with van der Waals surface area (Å²) >= 11 is 0. The van der Waals surface area contributed by atoms with Crippen LogP contribution in [0.1, 0.15) is 49.5 Å². The molecule has 0 unspecified atom stereocenters. The summed E-state index contributed by atoms with van der Waals surface area (Å²) in [5.41, 5.74) is 6.08. The van der Waals surface area contributed by atoms with Crippen LogP contribution in [0, 0.1) is 0 Å². The zero-order chi connectivity index (χ0) is 20.2. The van der Waals surface area contributed by atoms with Crippen LogP contribution in [0.4, 0.5) is 0 Å². The largest absolute Gasteiger partial charge is 0.489 e. The number of nitrogens with two attached hydrogens (primary N) is 1. The average Bonchev–Trinajstić information content (AvgIpc) is 2.89. The fourth-order valence-electron chi connectivity index (χ4n) is 2.96. The van der Waals surface area contributed by atoms with E-state index < -0.39 is 23.5 Å². The van der Waals surface area contributed by atoms with Crippen molar-refractivity contribution in [3.8, 4) is 5.75 Å². The fourth-order valence-corrected chi connectivity index (χ4v) is 2.96. The number of benzene rings is 1. The number of hydrogen-bond donors (Lipinski definition) is 1. The molecule has 0 spiro atoms. The molecular weight excluding hydrogens is 348 g/mol. The molecule has 1 aliphatic rings. The molecule has 0 saturated heterocycles. The highest BCUT2D eigenvalue weighted by Crippen LogP contribution is 2.33. The third-order valence-corrected chi connectivity index (χ3v) is 4.06. The lowest BCUT2D eigenvalue weighted by Gasteiger charge is -2.26. The zero-order valence-electron chi connectivity index (χ0n) is 16.0. The summed E-state index contributed by atoms with van der Waals surface area (Å²) in [7, 11) is 0. The van der Waals surface area contributed by atoms with E-state index in [1.165, 1.54) is 4.90 Å². The minimum Gasteiger partial charge on any atom is -0.489 e. The number of carbonyl (C=O) groups is 3. The van der Waals surface area contributed by atoms with Crippen LogP contribution < -0.4 is 10.5 Å². The number of carbonyl (C=O) groups excluding carboxylic acids is 3. The van der Waals surface area contributed by atoms with Crippen LogP contribution in [-0.4, -0.2) is 40.9 Å². The third-order valence-electron chi connectivity index (χ3n) is 4.06. The van der Waals surface area contributed by atoms with E-state index in [1.54, 1.807) is 45.0 Å². The minimum atomic E-state index is -0.898. The third kappa shape index (κ3) is 5.09. The molecule has 0 aromatic heterocycles. The van der Waals surface area contributed by atoms with Crippen molar-refractivity contribution in [2.24, 2.45) is 5.73 Å². The standard InChI is InChI=1S/C20H26N2O5/c1-5-11-26-16-8-6-7-13-14(16)12-22(19(13)25)15(18(21)24)9-10-17(23)27-20(2,3)4/h5-8,15H,1,9-12H2,2-4H3,(H2,21,24)/t15-/m0/s1. The van der Waals surface area contributed by atoms with Gasteiger partial charge in [0, 0.05) is 17.5 Å². The molecule has 2 rings (SSSR count). The smallest absolute Gasteiger partial charge is 0.306 e. The Bertz CT molecular complexity index is 751. The number of nitrogens with zero attached hydrogens (tertiary/aromatic N) is 1. The number of ether oxygens (including phenoxy) is 2. The Morgan fingerprint density at radius 3 is 2.67 bits per heavy atom. The number of amides is 2. The van der Waals surface area contributed by atoms with Crippen molar-refractivity contribution in [2.75, 3.05) is 6.61 Å². The highest BCUT2D eigenvalue weighted by molar-refractivity contribution is 6.01. The highest BCUT2D eigenvalue weighted by Gasteiger charge is 2.37. The monoisotopic (exact) mass is 374 g/mol. The molecule has 0 saturated carbocycles. The minimum absolute atomic E-state index is 0.00910. The number of rotatable bonds is 8. The van der Waals surface area contributed by atoms with Gasteiger partial charge in [-0.3, -0.25) is 14.4 Å². The van der Waals surface area contributed by atoms with Gasteiger partial charge in [-0.15, -0.1) is 0 Å². The van der Waals surface area contributed by atoms with Crippen LogP contribution in [0.5, 0.6) is 5.75 Å². The van der Waals surface area contributed by atoms with Gasteiger partial charge in [-0.25, -0.2) is 0 Å². The van der Waals surface area contributed by atoms with Crippen LogP contribution in [0.25, 0.3) is 0 Å². The van der Waals surface area contributed by atoms with Crippen LogP contribution in [0.3, 0.4) is 0 Å². The van der Waals surface area contributed by atoms with Crippen LogP contribution in [0.2, 0.25) is 0 Å². The molecule has 2 N–H and O–H groups in total. The summed E-state index contributed by atoms with van der Waals surface area (Å²) < 4.78 is 10.9. The molecule has 0 radical (unpaired) electrons. The van der Waals surface area contributed by atoms with Gasteiger partial charge in [0.05, 0.1) is 6.54 Å². The van der Waals surface area contributed by atoms with E-state index in [1.807, 2.05) is 0 Å². The molecule has 7 nitrogen and oxygen atoms in total. The van der Waals surface area contributed by atoms with Gasteiger partial charge in [-0.05, 0) is 39.3 Å². The van der Waals surface area contributed by atoms with E-state index in [4.69, 9.17) is 15.2 Å². The summed E-state index contributed by atoms with van der Waals surface area (Å²) in [5.74, 6) is -0.832. The van der Waals surface area contributed by atoms with Crippen molar-refractivity contribution < 1.29 is 23.9 Å². The lowest BCUT2D eigenvalue weighted by Crippen LogP contribution is -2.45. The Balaban J connectivity index is 2.14. The maximum absolute atomic E-state index is 12.8. The van der Waals surface area contributed by atoms with Gasteiger partial charge in [0.1, 0.15) is 24.0 Å². The van der Waals surface area contributed by atoms with Gasteiger partial charge in [-0.1, -0.05) is 18.7 Å². The Morgan fingerprint density at radius 1 is 1.37 bits per heavy atom. The van der Waals surface area contributed by atoms with E-state index in [0.29, 0.717) is 23.5 Å². The maximum atomic E-state index is 12.8. The van der Waals surface area contributed by atoms with Gasteiger partial charge < -0.3 is 20.1 Å². The molecular formula is C20H26N2O5. The lowest BCUT2D eigenvalue weighted by atomic mass is 10.1. The molecule has 0 bridgehead atoms. The van der Waals surface area contributed by atoms with Crippen molar-refractivity contribution in [3.05, 3.63) is 42.0 Å². The van der Waals surface area contributed by atoms with Gasteiger partial charge >= 0.3 is 5.97 Å². The molecule has 2 amide bonds. The summed E-state index contributed by atoms with van der Waals surface area (Å²) in [6.07, 6.45) is 1.71. The first kappa shape index (κ1) is 20.5. The summed E-state index contributed by atoms with van der Waals surface area (Å²) in [5, 5.41) is 0. The summed E-state index contributed by atoms with van der Waals surface area (Å²) in [6.45, 7) is 9.41. The van der Waals surface area contributed by atoms with Gasteiger partial charge in [-0.2, -0.15) is 0 Å². The number of fused-ring (bicyclic) bond motifs is 1. The first-order valence-corrected chi connectivity index (χ1v) is 8.81. The van der Waals surface area contributed by atoms with Crippen molar-refractivity contribution in [1.82, 2.24) is 4.90 Å². The molecule has 1 aromatic rings. The number of esters is 1. The first-order valence-electron chi connectivity index (χ1n) is 8.81. The lowest BCUT2D eigenvalue weighted by molar-refractivity contribution is -0.155. The van der Waals surface area contributed by atoms with E-state index >= 15 is 0 Å². The van der Waals surface area contributed by atoms with Gasteiger partial charge in [0.25, 0.3) is 5.91 Å². The van der Waals surface area contributed by atoms with E-state index in [2.05, 4.69) is 6.58 Å². The predicted octanol–water partition coefficient (Wildman–Crippen LogP) is 2.18. The predicted molar refractivity (Wildman–Crippen MR) is 100 cm³/mol. The average molecular weight is 374 g/mol. The molecule has 1 heterocycles. The van der Waals surface area contributed by atoms with Crippen LogP contribution in [0.15, 0.2) is 30.9 Å². The van der Waals surface area contributed by atoms with Gasteiger partial charge in [0.15, 0.2) is 0 Å². The Labute approximate surface area is 159 Å². The van der Waals surface area contributed by atoms with Crippen molar-refractivity contribution in [3.63, 3.8) is 0 Å². The zero-order valence-corrected chi connectivity index (χ0v) is 16.0. The molecule has 0 fully saturated rings. The summed E-state index contributed by atoms with van der Waals surface area (Å²) in [4.78, 5) is 38.1. The molecule has 1 aliphatic heterocycles. The second-order valence-corrected chi connectivity index (χ2v) is 7.36. The maximum Gasteiger partial charge on any atom is 0.306 e. The fraction of sp³-hybridized carbons (Fsp3) is 0.450. The first-order chi connectivity index (χ1) is 12.6. The SMILES string of the molecule is C=CCOc1cccc2c1CN([C@@H](CCC(=O)OC(C)(C)C)C(N)=O)C2=O. The molecule has 0 aliphatic carbocycles. The van der Waals surface area contributed by atoms with Crippen molar-refractivity contribution in [1.29, 1.82) is 0 Å². The van der Waals surface area contributed by atoms with E-state index in [9.17, 15) is 14.4 Å². The van der Waals surface area contributed by atoms with Gasteiger partial charge in [0.2, 0.25) is 5.91 Å². The van der Waals surface area contributed by atoms with Crippen molar-refractivity contribution >= 4 is 17.8 Å². The second kappa shape index (κ2) is 8.24. The van der Waals surface area contributed by atoms with E-state index in [0.717, 1.165) is 0 Å². The molecule has 1 atom stereocenters. The van der Waals surface area contributed by atoms with Crippen molar-refractivity contribution in [2.45, 2.75) is 51.8 Å². The molecule has 7 heteroatoms. The highest BCUT2D eigenvalue weighted by atomic mass is 16.6. The van der Waals surface area contributed by atoms with E-state index in [-0.39, 0.29) is 25.3 Å². The molecule has 1 aromatic carbocycles. The van der Waals surface area contributed by atoms with Crippen LogP contribution in [-0.2, 0) is 20.9 Å². The Morgan fingerprint density at radius 2 is 2.07 bits per heavy atom. The quantitative estimate of drug-likeness (QED) is 0.555. The number of primary amides is 1. The summed E-state index contributed by atoms with van der Waals surface area (Å²) in [6, 6.07) is 4.27. The Kier molecular flexibility index (Phi) is 6.25. The van der Waals surface area contributed by atoms with Crippen LogP contribution >= 0.6 is 0 Å². The molecule has 27 heavy (non-hydrogen) atoms. The molecule has 146 valence electrons.